The van der Waals surface area contributed by atoms with Crippen LogP contribution in [0.15, 0.2) is 42.7 Å². The quantitative estimate of drug-likeness (QED) is 0.896. The van der Waals surface area contributed by atoms with E-state index >= 15 is 0 Å². The zero-order chi connectivity index (χ0) is 13.9. The first-order chi connectivity index (χ1) is 9.00. The molecule has 0 aliphatic carbocycles. The van der Waals surface area contributed by atoms with Crippen molar-refractivity contribution in [1.29, 1.82) is 0 Å². The van der Waals surface area contributed by atoms with Gasteiger partial charge in [-0.05, 0) is 29.2 Å². The molecule has 3 nitrogen and oxygen atoms in total. The second-order valence-corrected chi connectivity index (χ2v) is 5.54. The van der Waals surface area contributed by atoms with Crippen molar-refractivity contribution in [3.8, 4) is 5.75 Å². The van der Waals surface area contributed by atoms with Gasteiger partial charge in [-0.3, -0.25) is 4.98 Å². The van der Waals surface area contributed by atoms with Gasteiger partial charge in [-0.2, -0.15) is 0 Å². The van der Waals surface area contributed by atoms with E-state index in [1.807, 2.05) is 36.7 Å². The van der Waals surface area contributed by atoms with E-state index in [-0.39, 0.29) is 5.41 Å². The maximum atomic E-state index is 5.33. The number of aromatic nitrogens is 1. The van der Waals surface area contributed by atoms with Gasteiger partial charge < -0.3 is 10.1 Å². The first-order valence-electron chi connectivity index (χ1n) is 6.36. The highest BCUT2D eigenvalue weighted by atomic mass is 16.5. The third kappa shape index (κ3) is 3.25. The third-order valence-corrected chi connectivity index (χ3v) is 2.99. The highest BCUT2D eigenvalue weighted by Gasteiger charge is 2.14. The Bertz CT molecular complexity index is 559. The lowest BCUT2D eigenvalue weighted by Gasteiger charge is -2.19. The molecule has 2 rings (SSSR count). The van der Waals surface area contributed by atoms with Crippen LogP contribution in [0.3, 0.4) is 0 Å². The van der Waals surface area contributed by atoms with Crippen LogP contribution in [0.2, 0.25) is 0 Å². The van der Waals surface area contributed by atoms with Crippen molar-refractivity contribution in [2.24, 2.45) is 0 Å². The maximum absolute atomic E-state index is 5.33. The van der Waals surface area contributed by atoms with E-state index in [1.165, 1.54) is 5.56 Å². The van der Waals surface area contributed by atoms with Crippen LogP contribution < -0.4 is 10.1 Å². The molecule has 0 amide bonds. The fraction of sp³-hybridized carbons (Fsp3) is 0.312. The number of nitrogens with one attached hydrogen (secondary N) is 1. The number of pyridine rings is 1. The average molecular weight is 256 g/mol. The second-order valence-electron chi connectivity index (χ2n) is 5.54. The average Bonchev–Trinajstić information content (AvgIpc) is 2.39. The van der Waals surface area contributed by atoms with Gasteiger partial charge in [-0.1, -0.05) is 32.9 Å². The number of hydrogen-bond donors (Lipinski definition) is 1. The molecule has 100 valence electrons. The molecule has 0 saturated carbocycles. The predicted molar refractivity (Wildman–Crippen MR) is 79.2 cm³/mol. The molecule has 19 heavy (non-hydrogen) atoms. The number of ether oxygens (including phenoxy) is 1. The first-order valence-corrected chi connectivity index (χ1v) is 6.36. The Morgan fingerprint density at radius 2 is 1.84 bits per heavy atom. The van der Waals surface area contributed by atoms with E-state index in [9.17, 15) is 0 Å². The van der Waals surface area contributed by atoms with Gasteiger partial charge >= 0.3 is 0 Å². The summed E-state index contributed by atoms with van der Waals surface area (Å²) < 4.78 is 5.33. The van der Waals surface area contributed by atoms with Crippen molar-refractivity contribution in [3.63, 3.8) is 0 Å². The monoisotopic (exact) mass is 256 g/mol. The van der Waals surface area contributed by atoms with Gasteiger partial charge in [-0.25, -0.2) is 0 Å². The maximum Gasteiger partial charge on any atom is 0.142 e. The molecule has 0 aliphatic rings. The number of benzene rings is 1. The lowest BCUT2D eigenvalue weighted by molar-refractivity contribution is 0.417. The summed E-state index contributed by atoms with van der Waals surface area (Å²) in [5.41, 5.74) is 3.20. The Kier molecular flexibility index (Phi) is 3.74. The van der Waals surface area contributed by atoms with Crippen molar-refractivity contribution in [2.45, 2.75) is 26.2 Å². The van der Waals surface area contributed by atoms with Gasteiger partial charge in [-0.15, -0.1) is 0 Å². The minimum Gasteiger partial charge on any atom is -0.495 e. The molecule has 0 aliphatic heterocycles. The number of anilines is 2. The minimum atomic E-state index is 0.0888. The summed E-state index contributed by atoms with van der Waals surface area (Å²) in [5, 5.41) is 3.35. The van der Waals surface area contributed by atoms with Crippen LogP contribution in [0.25, 0.3) is 0 Å². The molecule has 1 N–H and O–H groups in total. The highest BCUT2D eigenvalue weighted by Crippen LogP contribution is 2.29. The molecule has 1 aromatic heterocycles. The van der Waals surface area contributed by atoms with Crippen LogP contribution in [0.5, 0.6) is 5.75 Å². The van der Waals surface area contributed by atoms with Crippen LogP contribution in [0.1, 0.15) is 26.3 Å². The number of nitrogens with zero attached hydrogens (tertiary/aromatic N) is 1. The Morgan fingerprint density at radius 1 is 1.11 bits per heavy atom. The number of rotatable bonds is 3. The SMILES string of the molecule is COc1ccccc1Nc1cncc(C(C)(C)C)c1. The number of methoxy groups -OCH3 is 1. The van der Waals surface area contributed by atoms with Crippen molar-refractivity contribution >= 4 is 11.4 Å². The Balaban J connectivity index is 2.29. The molecule has 1 aromatic carbocycles. The van der Waals surface area contributed by atoms with Crippen molar-refractivity contribution in [3.05, 3.63) is 48.3 Å². The van der Waals surface area contributed by atoms with Crippen LogP contribution >= 0.6 is 0 Å². The van der Waals surface area contributed by atoms with E-state index < -0.39 is 0 Å². The normalized spacial score (nSPS) is 11.2. The molecule has 0 spiro atoms. The van der Waals surface area contributed by atoms with Gasteiger partial charge in [0.25, 0.3) is 0 Å². The van der Waals surface area contributed by atoms with E-state index in [1.54, 1.807) is 7.11 Å². The zero-order valence-electron chi connectivity index (χ0n) is 11.9. The lowest BCUT2D eigenvalue weighted by Crippen LogP contribution is -2.11. The molecule has 0 fully saturated rings. The Labute approximate surface area is 114 Å². The summed E-state index contributed by atoms with van der Waals surface area (Å²) >= 11 is 0. The summed E-state index contributed by atoms with van der Waals surface area (Å²) in [6.07, 6.45) is 3.73. The van der Waals surface area contributed by atoms with Crippen LogP contribution in [-0.2, 0) is 5.41 Å². The van der Waals surface area contributed by atoms with Gasteiger partial charge in [0.2, 0.25) is 0 Å². The third-order valence-electron chi connectivity index (χ3n) is 2.99. The molecule has 0 radical (unpaired) electrons. The van der Waals surface area contributed by atoms with Gasteiger partial charge in [0.15, 0.2) is 0 Å². The highest BCUT2D eigenvalue weighted by molar-refractivity contribution is 5.66. The zero-order valence-corrected chi connectivity index (χ0v) is 11.9. The predicted octanol–water partition coefficient (Wildman–Crippen LogP) is 4.13. The summed E-state index contributed by atoms with van der Waals surface area (Å²) in [6, 6.07) is 9.98. The summed E-state index contributed by atoms with van der Waals surface area (Å²) in [4.78, 5) is 4.30. The lowest BCUT2D eigenvalue weighted by atomic mass is 9.88. The van der Waals surface area contributed by atoms with Crippen molar-refractivity contribution in [2.75, 3.05) is 12.4 Å². The van der Waals surface area contributed by atoms with Crippen LogP contribution in [0, 0.1) is 0 Å². The fourth-order valence-corrected chi connectivity index (χ4v) is 1.82. The Hall–Kier alpha value is -2.03. The molecule has 2 aromatic rings. The van der Waals surface area contributed by atoms with Crippen LogP contribution in [0.4, 0.5) is 11.4 Å². The molecular weight excluding hydrogens is 236 g/mol. The van der Waals surface area contributed by atoms with E-state index in [4.69, 9.17) is 4.74 Å². The number of hydrogen-bond acceptors (Lipinski definition) is 3. The van der Waals surface area contributed by atoms with Crippen molar-refractivity contribution in [1.82, 2.24) is 4.98 Å². The topological polar surface area (TPSA) is 34.1 Å². The summed E-state index contributed by atoms with van der Waals surface area (Å²) in [5.74, 6) is 0.823. The second kappa shape index (κ2) is 5.31. The van der Waals surface area contributed by atoms with Crippen LogP contribution in [-0.4, -0.2) is 12.1 Å². The van der Waals surface area contributed by atoms with E-state index in [2.05, 4.69) is 37.1 Å². The number of para-hydroxylation sites is 2. The molecule has 0 atom stereocenters. The Morgan fingerprint density at radius 3 is 2.53 bits per heavy atom. The van der Waals surface area contributed by atoms with Gasteiger partial charge in [0.05, 0.1) is 24.7 Å². The van der Waals surface area contributed by atoms with Gasteiger partial charge in [0.1, 0.15) is 5.75 Å². The molecular formula is C16H20N2O. The fourth-order valence-electron chi connectivity index (χ4n) is 1.82. The minimum absolute atomic E-state index is 0.0888. The van der Waals surface area contributed by atoms with E-state index in [0.29, 0.717) is 0 Å². The van der Waals surface area contributed by atoms with Crippen molar-refractivity contribution < 1.29 is 4.74 Å². The summed E-state index contributed by atoms with van der Waals surface area (Å²) in [6.45, 7) is 6.53. The standard InChI is InChI=1S/C16H20N2O/c1-16(2,3)12-9-13(11-17-10-12)18-14-7-5-6-8-15(14)19-4/h5-11,18H,1-4H3. The molecule has 0 bridgehead atoms. The van der Waals surface area contributed by atoms with Gasteiger partial charge in [0, 0.05) is 6.20 Å². The van der Waals surface area contributed by atoms with E-state index in [0.717, 1.165) is 17.1 Å². The molecule has 3 heteroatoms. The smallest absolute Gasteiger partial charge is 0.142 e. The largest absolute Gasteiger partial charge is 0.495 e. The summed E-state index contributed by atoms with van der Waals surface area (Å²) in [7, 11) is 1.67. The first kappa shape index (κ1) is 13.4. The molecule has 1 heterocycles. The molecule has 0 unspecified atom stereocenters. The molecule has 0 saturated heterocycles.